The second kappa shape index (κ2) is 3.56. The smallest absolute Gasteiger partial charge is 0.196 e. The van der Waals surface area contributed by atoms with Crippen LogP contribution in [0.15, 0.2) is 6.20 Å². The molecular formula is C7H12N8. The Kier molecular flexibility index (Phi) is 2.24. The molecule has 2 rings (SSSR count). The first-order valence-corrected chi connectivity index (χ1v) is 4.46. The number of hydrogen-bond acceptors (Lipinski definition) is 6. The minimum Gasteiger partial charge on any atom is -0.394 e. The van der Waals surface area contributed by atoms with Gasteiger partial charge in [-0.2, -0.15) is 10.3 Å². The van der Waals surface area contributed by atoms with Gasteiger partial charge < -0.3 is 11.1 Å². The number of aryl methyl sites for hydroxylation is 1. The van der Waals surface area contributed by atoms with Crippen LogP contribution in [-0.4, -0.2) is 30.4 Å². The second-order valence-corrected chi connectivity index (χ2v) is 3.24. The summed E-state index contributed by atoms with van der Waals surface area (Å²) in [5, 5.41) is 20.8. The van der Waals surface area contributed by atoms with E-state index >= 15 is 0 Å². The lowest BCUT2D eigenvalue weighted by atomic mass is 10.3. The predicted molar refractivity (Wildman–Crippen MR) is 53.8 cm³/mol. The van der Waals surface area contributed by atoms with E-state index in [-0.39, 0.29) is 6.04 Å². The zero-order valence-electron chi connectivity index (χ0n) is 8.47. The molecular weight excluding hydrogens is 196 g/mol. The largest absolute Gasteiger partial charge is 0.394 e. The summed E-state index contributed by atoms with van der Waals surface area (Å²) in [4.78, 5) is 0. The quantitative estimate of drug-likeness (QED) is 0.638. The van der Waals surface area contributed by atoms with E-state index in [0.29, 0.717) is 17.3 Å². The number of tetrazole rings is 1. The van der Waals surface area contributed by atoms with Crippen LogP contribution < -0.4 is 11.1 Å². The SMILES string of the molecule is CC(Nc1nn(C)cc1N)c1nn[nH]n1. The van der Waals surface area contributed by atoms with Crippen LogP contribution >= 0.6 is 0 Å². The molecule has 8 heteroatoms. The van der Waals surface area contributed by atoms with Gasteiger partial charge in [-0.05, 0) is 6.92 Å². The molecule has 1 atom stereocenters. The van der Waals surface area contributed by atoms with Crippen LogP contribution in [0.25, 0.3) is 0 Å². The van der Waals surface area contributed by atoms with Crippen molar-refractivity contribution in [3.8, 4) is 0 Å². The molecule has 2 aromatic rings. The lowest BCUT2D eigenvalue weighted by Crippen LogP contribution is -2.10. The van der Waals surface area contributed by atoms with E-state index in [4.69, 9.17) is 5.73 Å². The molecule has 0 aromatic carbocycles. The van der Waals surface area contributed by atoms with Crippen LogP contribution in [0.1, 0.15) is 18.8 Å². The number of H-pyrrole nitrogens is 1. The fourth-order valence-electron chi connectivity index (χ4n) is 1.24. The van der Waals surface area contributed by atoms with Gasteiger partial charge in [-0.3, -0.25) is 4.68 Å². The first kappa shape index (κ1) is 9.44. The van der Waals surface area contributed by atoms with E-state index in [1.165, 1.54) is 0 Å². The van der Waals surface area contributed by atoms with Gasteiger partial charge >= 0.3 is 0 Å². The van der Waals surface area contributed by atoms with Crippen molar-refractivity contribution in [2.75, 3.05) is 11.1 Å². The third kappa shape index (κ3) is 1.87. The number of nitrogen functional groups attached to an aromatic ring is 1. The van der Waals surface area contributed by atoms with Crippen molar-refractivity contribution in [2.45, 2.75) is 13.0 Å². The Balaban J connectivity index is 2.12. The molecule has 0 bridgehead atoms. The van der Waals surface area contributed by atoms with Crippen molar-refractivity contribution in [1.82, 2.24) is 30.4 Å². The van der Waals surface area contributed by atoms with Gasteiger partial charge in [0, 0.05) is 13.2 Å². The standard InChI is InChI=1S/C7H12N8/c1-4(6-10-13-14-11-6)9-7-5(8)3-15(2)12-7/h3-4H,8H2,1-2H3,(H,9,12)(H,10,11,13,14). The molecule has 2 heterocycles. The number of nitrogens with zero attached hydrogens (tertiary/aromatic N) is 5. The van der Waals surface area contributed by atoms with E-state index in [2.05, 4.69) is 31.0 Å². The molecule has 0 saturated heterocycles. The van der Waals surface area contributed by atoms with E-state index < -0.39 is 0 Å². The topological polar surface area (TPSA) is 110 Å². The maximum Gasteiger partial charge on any atom is 0.196 e. The summed E-state index contributed by atoms with van der Waals surface area (Å²) < 4.78 is 1.64. The number of nitrogens with one attached hydrogen (secondary N) is 2. The highest BCUT2D eigenvalue weighted by molar-refractivity contribution is 5.60. The maximum absolute atomic E-state index is 5.73. The van der Waals surface area contributed by atoms with E-state index in [1.807, 2.05) is 6.92 Å². The van der Waals surface area contributed by atoms with E-state index in [9.17, 15) is 0 Å². The Hall–Kier alpha value is -2.12. The number of aromatic nitrogens is 6. The summed E-state index contributed by atoms with van der Waals surface area (Å²) in [5.74, 6) is 1.19. The number of anilines is 2. The molecule has 1 unspecified atom stereocenters. The first-order valence-electron chi connectivity index (χ1n) is 4.46. The maximum atomic E-state index is 5.73. The first-order chi connectivity index (χ1) is 7.16. The normalized spacial score (nSPS) is 12.7. The van der Waals surface area contributed by atoms with Crippen molar-refractivity contribution < 1.29 is 0 Å². The zero-order valence-corrected chi connectivity index (χ0v) is 8.47. The summed E-state index contributed by atoms with van der Waals surface area (Å²) in [6, 6.07) is -0.0963. The molecule has 0 fully saturated rings. The average molecular weight is 208 g/mol. The molecule has 8 nitrogen and oxygen atoms in total. The third-order valence-electron chi connectivity index (χ3n) is 1.96. The van der Waals surface area contributed by atoms with Crippen LogP contribution in [0.2, 0.25) is 0 Å². The van der Waals surface area contributed by atoms with Crippen molar-refractivity contribution in [1.29, 1.82) is 0 Å². The molecule has 0 spiro atoms. The molecule has 0 aliphatic heterocycles. The van der Waals surface area contributed by atoms with Crippen LogP contribution in [0.5, 0.6) is 0 Å². The molecule has 0 saturated carbocycles. The fraction of sp³-hybridized carbons (Fsp3) is 0.429. The lowest BCUT2D eigenvalue weighted by Gasteiger charge is -2.08. The minimum atomic E-state index is -0.0963. The van der Waals surface area contributed by atoms with Gasteiger partial charge in [0.2, 0.25) is 0 Å². The Labute approximate surface area is 85.9 Å². The van der Waals surface area contributed by atoms with Gasteiger partial charge in [0.25, 0.3) is 0 Å². The lowest BCUT2D eigenvalue weighted by molar-refractivity contribution is 0.746. The highest BCUT2D eigenvalue weighted by Crippen LogP contribution is 2.19. The Morgan fingerprint density at radius 1 is 1.60 bits per heavy atom. The van der Waals surface area contributed by atoms with E-state index in [0.717, 1.165) is 0 Å². The van der Waals surface area contributed by atoms with Gasteiger partial charge in [-0.25, -0.2) is 0 Å². The van der Waals surface area contributed by atoms with Crippen molar-refractivity contribution >= 4 is 11.5 Å². The van der Waals surface area contributed by atoms with E-state index in [1.54, 1.807) is 17.9 Å². The zero-order chi connectivity index (χ0) is 10.8. The van der Waals surface area contributed by atoms with Crippen LogP contribution in [0.4, 0.5) is 11.5 Å². The van der Waals surface area contributed by atoms with Gasteiger partial charge in [0.15, 0.2) is 11.6 Å². The predicted octanol–water partition coefficient (Wildman–Crippen LogP) is -0.312. The van der Waals surface area contributed by atoms with Crippen molar-refractivity contribution in [3.05, 3.63) is 12.0 Å². The van der Waals surface area contributed by atoms with Crippen LogP contribution in [0, 0.1) is 0 Å². The molecule has 0 radical (unpaired) electrons. The second-order valence-electron chi connectivity index (χ2n) is 3.24. The van der Waals surface area contributed by atoms with Crippen molar-refractivity contribution in [2.24, 2.45) is 7.05 Å². The average Bonchev–Trinajstić information content (AvgIpc) is 2.76. The fourth-order valence-corrected chi connectivity index (χ4v) is 1.24. The Morgan fingerprint density at radius 3 is 2.93 bits per heavy atom. The Morgan fingerprint density at radius 2 is 2.40 bits per heavy atom. The van der Waals surface area contributed by atoms with Gasteiger partial charge in [-0.15, -0.1) is 10.2 Å². The Bertz CT molecular complexity index is 430. The van der Waals surface area contributed by atoms with Crippen LogP contribution in [0.3, 0.4) is 0 Å². The summed E-state index contributed by atoms with van der Waals surface area (Å²) >= 11 is 0. The highest BCUT2D eigenvalue weighted by Gasteiger charge is 2.13. The summed E-state index contributed by atoms with van der Waals surface area (Å²) in [6.07, 6.45) is 1.73. The molecule has 2 aromatic heterocycles. The van der Waals surface area contributed by atoms with Gasteiger partial charge in [0.05, 0.1) is 11.7 Å². The van der Waals surface area contributed by atoms with Crippen molar-refractivity contribution in [3.63, 3.8) is 0 Å². The molecule has 80 valence electrons. The van der Waals surface area contributed by atoms with Crippen LogP contribution in [-0.2, 0) is 7.05 Å². The van der Waals surface area contributed by atoms with Gasteiger partial charge in [0.1, 0.15) is 0 Å². The monoisotopic (exact) mass is 208 g/mol. The molecule has 0 aliphatic rings. The molecule has 0 aliphatic carbocycles. The third-order valence-corrected chi connectivity index (χ3v) is 1.96. The molecule has 0 amide bonds. The number of rotatable bonds is 3. The molecule has 4 N–H and O–H groups in total. The summed E-state index contributed by atoms with van der Waals surface area (Å²) in [7, 11) is 1.81. The highest BCUT2D eigenvalue weighted by atomic mass is 15.5. The van der Waals surface area contributed by atoms with Gasteiger partial charge in [-0.1, -0.05) is 5.21 Å². The summed E-state index contributed by atoms with van der Waals surface area (Å²) in [5.41, 5.74) is 6.32. The summed E-state index contributed by atoms with van der Waals surface area (Å²) in [6.45, 7) is 1.90. The number of hydrogen-bond donors (Lipinski definition) is 3. The molecule has 15 heavy (non-hydrogen) atoms. The minimum absolute atomic E-state index is 0.0963. The number of nitrogens with two attached hydrogens (primary N) is 1. The number of aromatic amines is 1.